The summed E-state index contributed by atoms with van der Waals surface area (Å²) >= 11 is 0. The quantitative estimate of drug-likeness (QED) is 0.343. The maximum absolute atomic E-state index is 12.9. The van der Waals surface area contributed by atoms with E-state index in [-0.39, 0.29) is 12.5 Å². The Morgan fingerprint density at radius 2 is 1.85 bits per heavy atom. The van der Waals surface area contributed by atoms with Crippen molar-refractivity contribution in [1.29, 1.82) is 0 Å². The first-order valence-corrected chi connectivity index (χ1v) is 10.9. The number of benzene rings is 2. The number of amides is 2. The number of aromatic nitrogens is 1. The first-order valence-electron chi connectivity index (χ1n) is 10.9. The van der Waals surface area contributed by atoms with E-state index in [1.54, 1.807) is 6.21 Å². The van der Waals surface area contributed by atoms with E-state index < -0.39 is 18.0 Å². The van der Waals surface area contributed by atoms with E-state index in [0.29, 0.717) is 6.42 Å². The second-order valence-electron chi connectivity index (χ2n) is 8.47. The van der Waals surface area contributed by atoms with Gasteiger partial charge in [0.25, 0.3) is 5.91 Å². The molecule has 174 valence electrons. The molecule has 0 saturated carbocycles. The van der Waals surface area contributed by atoms with E-state index in [1.165, 1.54) is 0 Å². The van der Waals surface area contributed by atoms with Gasteiger partial charge in [-0.3, -0.25) is 4.79 Å². The standard InChI is InChI=1S/C25H31N5O3/c1-17(2)16-33-25(32)28-23(13-19-15-26-22-8-6-5-7-21(19)22)24(31)29-27-14-18-9-11-20(12-10-18)30(3)4/h5-12,14-15,17,23,26H,13,16H2,1-4H3,(H,28,32)(H,29,31)/b27-14-/t23-/m0/s1. The molecule has 0 bridgehead atoms. The van der Waals surface area contributed by atoms with Gasteiger partial charge in [0, 0.05) is 43.3 Å². The highest BCUT2D eigenvalue weighted by Gasteiger charge is 2.23. The molecule has 3 rings (SSSR count). The van der Waals surface area contributed by atoms with Crippen molar-refractivity contribution in [3.8, 4) is 0 Å². The van der Waals surface area contributed by atoms with Gasteiger partial charge in [0.1, 0.15) is 6.04 Å². The van der Waals surface area contributed by atoms with Crippen LogP contribution in [0, 0.1) is 5.92 Å². The van der Waals surface area contributed by atoms with Gasteiger partial charge in [0.05, 0.1) is 12.8 Å². The van der Waals surface area contributed by atoms with Crippen molar-refractivity contribution < 1.29 is 14.3 Å². The van der Waals surface area contributed by atoms with Crippen LogP contribution in [0.4, 0.5) is 10.5 Å². The number of hydrazone groups is 1. The number of aromatic amines is 1. The molecule has 2 amide bonds. The van der Waals surface area contributed by atoms with Crippen LogP contribution in [0.2, 0.25) is 0 Å². The molecule has 1 atom stereocenters. The third-order valence-electron chi connectivity index (χ3n) is 5.05. The molecule has 0 saturated heterocycles. The summed E-state index contributed by atoms with van der Waals surface area (Å²) in [7, 11) is 3.94. The second-order valence-corrected chi connectivity index (χ2v) is 8.47. The van der Waals surface area contributed by atoms with Gasteiger partial charge < -0.3 is 19.9 Å². The van der Waals surface area contributed by atoms with Crippen molar-refractivity contribution in [3.63, 3.8) is 0 Å². The maximum atomic E-state index is 12.9. The first-order chi connectivity index (χ1) is 15.8. The minimum atomic E-state index is -0.850. The zero-order valence-electron chi connectivity index (χ0n) is 19.5. The van der Waals surface area contributed by atoms with E-state index in [0.717, 1.165) is 27.7 Å². The van der Waals surface area contributed by atoms with Crippen LogP contribution < -0.4 is 15.6 Å². The van der Waals surface area contributed by atoms with Crippen molar-refractivity contribution in [2.24, 2.45) is 11.0 Å². The van der Waals surface area contributed by atoms with Crippen LogP contribution in [0.1, 0.15) is 25.0 Å². The smallest absolute Gasteiger partial charge is 0.407 e. The highest BCUT2D eigenvalue weighted by atomic mass is 16.5. The molecule has 8 nitrogen and oxygen atoms in total. The molecule has 0 aliphatic carbocycles. The van der Waals surface area contributed by atoms with Crippen LogP contribution in [0.25, 0.3) is 10.9 Å². The number of anilines is 1. The third kappa shape index (κ3) is 6.83. The minimum absolute atomic E-state index is 0.195. The summed E-state index contributed by atoms with van der Waals surface area (Å²) in [6.45, 7) is 4.17. The second kappa shape index (κ2) is 11.2. The molecular formula is C25H31N5O3. The van der Waals surface area contributed by atoms with Crippen molar-refractivity contribution in [1.82, 2.24) is 15.7 Å². The number of hydrogen-bond donors (Lipinski definition) is 3. The molecule has 0 radical (unpaired) electrons. The summed E-state index contributed by atoms with van der Waals surface area (Å²) in [6.07, 6.45) is 3.07. The van der Waals surface area contributed by atoms with Gasteiger partial charge >= 0.3 is 6.09 Å². The molecule has 0 unspecified atom stereocenters. The average Bonchev–Trinajstić information content (AvgIpc) is 3.20. The van der Waals surface area contributed by atoms with Crippen LogP contribution in [0.15, 0.2) is 59.8 Å². The molecule has 3 aromatic rings. The lowest BCUT2D eigenvalue weighted by Gasteiger charge is -2.17. The fourth-order valence-electron chi connectivity index (χ4n) is 3.26. The Morgan fingerprint density at radius 1 is 1.12 bits per heavy atom. The monoisotopic (exact) mass is 449 g/mol. The summed E-state index contributed by atoms with van der Waals surface area (Å²) in [5.41, 5.74) is 6.33. The Morgan fingerprint density at radius 3 is 2.55 bits per heavy atom. The topological polar surface area (TPSA) is 98.8 Å². The molecule has 0 fully saturated rings. The van der Waals surface area contributed by atoms with Crippen molar-refractivity contribution >= 4 is 34.8 Å². The van der Waals surface area contributed by atoms with Gasteiger partial charge in [-0.1, -0.05) is 44.2 Å². The van der Waals surface area contributed by atoms with Crippen LogP contribution in [0.5, 0.6) is 0 Å². The van der Waals surface area contributed by atoms with Crippen molar-refractivity contribution in [2.75, 3.05) is 25.6 Å². The lowest BCUT2D eigenvalue weighted by atomic mass is 10.0. The summed E-state index contributed by atoms with van der Waals surface area (Å²) in [5.74, 6) is -0.233. The van der Waals surface area contributed by atoms with Crippen LogP contribution in [-0.2, 0) is 16.0 Å². The molecule has 1 aromatic heterocycles. The molecule has 2 aromatic carbocycles. The normalized spacial score (nSPS) is 12.2. The molecule has 3 N–H and O–H groups in total. The van der Waals surface area contributed by atoms with Crippen LogP contribution in [-0.4, -0.2) is 49.9 Å². The van der Waals surface area contributed by atoms with E-state index in [1.807, 2.05) is 87.6 Å². The molecule has 8 heteroatoms. The number of alkyl carbamates (subject to hydrolysis) is 1. The molecule has 0 aliphatic rings. The summed E-state index contributed by atoms with van der Waals surface area (Å²) in [6, 6.07) is 14.7. The van der Waals surface area contributed by atoms with Crippen LogP contribution >= 0.6 is 0 Å². The van der Waals surface area contributed by atoms with E-state index in [2.05, 4.69) is 20.8 Å². The zero-order chi connectivity index (χ0) is 23.8. The highest BCUT2D eigenvalue weighted by Crippen LogP contribution is 2.19. The predicted octanol–water partition coefficient (Wildman–Crippen LogP) is 3.68. The Kier molecular flexibility index (Phi) is 8.07. The highest BCUT2D eigenvalue weighted by molar-refractivity contribution is 5.89. The Balaban J connectivity index is 1.70. The number of H-pyrrole nitrogens is 1. The van der Waals surface area contributed by atoms with Gasteiger partial charge in [0.2, 0.25) is 0 Å². The molecular weight excluding hydrogens is 418 g/mol. The zero-order valence-corrected chi connectivity index (χ0v) is 19.5. The number of fused-ring (bicyclic) bond motifs is 1. The van der Waals surface area contributed by atoms with Gasteiger partial charge in [-0.15, -0.1) is 0 Å². The number of nitrogens with zero attached hydrogens (tertiary/aromatic N) is 2. The van der Waals surface area contributed by atoms with Crippen molar-refractivity contribution in [3.05, 3.63) is 65.9 Å². The fraction of sp³-hybridized carbons (Fsp3) is 0.320. The summed E-state index contributed by atoms with van der Waals surface area (Å²) in [5, 5.41) is 7.75. The number of ether oxygens (including phenoxy) is 1. The van der Waals surface area contributed by atoms with Gasteiger partial charge in [0.15, 0.2) is 0 Å². The molecule has 1 heterocycles. The van der Waals surface area contributed by atoms with Gasteiger partial charge in [-0.25, -0.2) is 10.2 Å². The number of nitrogens with one attached hydrogen (secondary N) is 3. The predicted molar refractivity (Wildman–Crippen MR) is 132 cm³/mol. The third-order valence-corrected chi connectivity index (χ3v) is 5.05. The van der Waals surface area contributed by atoms with Gasteiger partial charge in [-0.2, -0.15) is 5.10 Å². The number of carbonyl (C=O) groups is 2. The maximum Gasteiger partial charge on any atom is 0.407 e. The fourth-order valence-corrected chi connectivity index (χ4v) is 3.26. The average molecular weight is 450 g/mol. The Labute approximate surface area is 194 Å². The largest absolute Gasteiger partial charge is 0.449 e. The van der Waals surface area contributed by atoms with Crippen LogP contribution in [0.3, 0.4) is 0 Å². The SMILES string of the molecule is CC(C)COC(=O)N[C@@H](Cc1c[nH]c2ccccc12)C(=O)N/N=C\c1ccc(N(C)C)cc1. The number of carbonyl (C=O) groups excluding carboxylic acids is 2. The number of para-hydroxylation sites is 1. The lowest BCUT2D eigenvalue weighted by Crippen LogP contribution is -2.47. The summed E-state index contributed by atoms with van der Waals surface area (Å²) < 4.78 is 5.21. The Hall–Kier alpha value is -3.81. The Bertz CT molecular complexity index is 1100. The molecule has 0 spiro atoms. The van der Waals surface area contributed by atoms with Gasteiger partial charge in [-0.05, 0) is 35.2 Å². The molecule has 33 heavy (non-hydrogen) atoms. The van der Waals surface area contributed by atoms with Crippen molar-refractivity contribution in [2.45, 2.75) is 26.3 Å². The van der Waals surface area contributed by atoms with E-state index in [4.69, 9.17) is 4.74 Å². The summed E-state index contributed by atoms with van der Waals surface area (Å²) in [4.78, 5) is 30.4. The first kappa shape index (κ1) is 23.8. The number of rotatable bonds is 9. The minimum Gasteiger partial charge on any atom is -0.449 e. The lowest BCUT2D eigenvalue weighted by molar-refractivity contribution is -0.123. The number of hydrogen-bond acceptors (Lipinski definition) is 5. The van der Waals surface area contributed by atoms with E-state index >= 15 is 0 Å². The molecule has 0 aliphatic heterocycles. The van der Waals surface area contributed by atoms with E-state index in [9.17, 15) is 9.59 Å².